The van der Waals surface area contributed by atoms with Crippen LogP contribution in [0, 0.1) is 0 Å². The SMILES string of the molecule is c1ccc(-c2ccc3cc(-c4ccc5nc(-c6ccc(-c7ccnc8c7ccc7cccnc78)cc6)ccc5c4)ccc3n2)nc1. The van der Waals surface area contributed by atoms with Crippen LogP contribution < -0.4 is 0 Å². The standard InChI is InChI=1S/C41H25N5/c1-2-21-42-38(5-1)39-19-14-32-25-30(12-17-37(32)46-39)29-11-16-36-31(24-29)13-18-35(45-36)27-8-6-26(7-9-27)33-20-23-44-41-34(33)15-10-28-4-3-22-43-40(28)41/h1-25H. The Kier molecular flexibility index (Phi) is 6.06. The van der Waals surface area contributed by atoms with E-state index < -0.39 is 0 Å². The van der Waals surface area contributed by atoms with Gasteiger partial charge in [-0.3, -0.25) is 15.0 Å². The van der Waals surface area contributed by atoms with Gasteiger partial charge >= 0.3 is 0 Å². The van der Waals surface area contributed by atoms with Gasteiger partial charge < -0.3 is 0 Å². The van der Waals surface area contributed by atoms with E-state index in [2.05, 4.69) is 118 Å². The van der Waals surface area contributed by atoms with Crippen LogP contribution in [-0.2, 0) is 0 Å². The average Bonchev–Trinajstić information content (AvgIpc) is 3.14. The molecule has 0 amide bonds. The van der Waals surface area contributed by atoms with E-state index in [1.807, 2.05) is 42.7 Å². The van der Waals surface area contributed by atoms with E-state index in [1.165, 1.54) is 0 Å². The van der Waals surface area contributed by atoms with E-state index in [0.29, 0.717) is 0 Å². The quantitative estimate of drug-likeness (QED) is 0.192. The lowest BCUT2D eigenvalue weighted by Crippen LogP contribution is -1.89. The maximum absolute atomic E-state index is 5.02. The Morgan fingerprint density at radius 1 is 0.348 bits per heavy atom. The highest BCUT2D eigenvalue weighted by Gasteiger charge is 2.11. The zero-order valence-electron chi connectivity index (χ0n) is 24.7. The Morgan fingerprint density at radius 3 is 1.76 bits per heavy atom. The summed E-state index contributed by atoms with van der Waals surface area (Å²) in [4.78, 5) is 23.6. The summed E-state index contributed by atoms with van der Waals surface area (Å²) in [5, 5.41) is 4.39. The van der Waals surface area contributed by atoms with Crippen LogP contribution in [-0.4, -0.2) is 24.9 Å². The summed E-state index contributed by atoms with van der Waals surface area (Å²) in [6, 6.07) is 46.1. The summed E-state index contributed by atoms with van der Waals surface area (Å²) >= 11 is 0. The van der Waals surface area contributed by atoms with E-state index in [1.54, 1.807) is 6.20 Å². The molecular weight excluding hydrogens is 562 g/mol. The van der Waals surface area contributed by atoms with Gasteiger partial charge in [0.25, 0.3) is 0 Å². The number of nitrogens with zero attached hydrogens (tertiary/aromatic N) is 5. The molecule has 5 nitrogen and oxygen atoms in total. The number of hydrogen-bond donors (Lipinski definition) is 0. The number of benzene rings is 4. The van der Waals surface area contributed by atoms with Crippen molar-refractivity contribution >= 4 is 43.6 Å². The second-order valence-corrected chi connectivity index (χ2v) is 11.4. The van der Waals surface area contributed by atoms with Crippen molar-refractivity contribution in [3.8, 4) is 44.9 Å². The third-order valence-electron chi connectivity index (χ3n) is 8.61. The van der Waals surface area contributed by atoms with Gasteiger partial charge in [0.2, 0.25) is 0 Å². The summed E-state index contributed by atoms with van der Waals surface area (Å²) in [6.45, 7) is 0. The van der Waals surface area contributed by atoms with Crippen LogP contribution in [0.2, 0.25) is 0 Å². The van der Waals surface area contributed by atoms with Gasteiger partial charge in [0.1, 0.15) is 0 Å². The lowest BCUT2D eigenvalue weighted by Gasteiger charge is -2.10. The molecule has 0 aliphatic carbocycles. The molecule has 46 heavy (non-hydrogen) atoms. The van der Waals surface area contributed by atoms with Crippen LogP contribution in [0.25, 0.3) is 88.5 Å². The van der Waals surface area contributed by atoms with E-state index in [9.17, 15) is 0 Å². The van der Waals surface area contributed by atoms with E-state index in [4.69, 9.17) is 9.97 Å². The topological polar surface area (TPSA) is 64.5 Å². The minimum Gasteiger partial charge on any atom is -0.255 e. The maximum Gasteiger partial charge on any atom is 0.0970 e. The second kappa shape index (κ2) is 10.7. The number of aromatic nitrogens is 5. The Balaban J connectivity index is 1.01. The molecule has 0 unspecified atom stereocenters. The molecule has 9 aromatic rings. The molecule has 0 aliphatic heterocycles. The average molecular weight is 588 g/mol. The van der Waals surface area contributed by atoms with E-state index >= 15 is 0 Å². The van der Waals surface area contributed by atoms with Gasteiger partial charge in [-0.2, -0.15) is 0 Å². The van der Waals surface area contributed by atoms with Gasteiger partial charge in [0, 0.05) is 45.7 Å². The molecule has 0 bridgehead atoms. The fourth-order valence-electron chi connectivity index (χ4n) is 6.25. The van der Waals surface area contributed by atoms with Gasteiger partial charge in [-0.1, -0.05) is 72.8 Å². The first-order valence-electron chi connectivity index (χ1n) is 15.2. The normalized spacial score (nSPS) is 11.5. The van der Waals surface area contributed by atoms with Crippen molar-refractivity contribution in [3.05, 3.63) is 152 Å². The van der Waals surface area contributed by atoms with Crippen LogP contribution in [0.5, 0.6) is 0 Å². The molecule has 5 aromatic heterocycles. The molecule has 4 aromatic carbocycles. The fraction of sp³-hybridized carbons (Fsp3) is 0. The van der Waals surface area contributed by atoms with Crippen molar-refractivity contribution < 1.29 is 0 Å². The molecule has 0 fully saturated rings. The molecule has 0 aliphatic rings. The van der Waals surface area contributed by atoms with Gasteiger partial charge in [-0.25, -0.2) is 9.97 Å². The molecule has 5 heteroatoms. The highest BCUT2D eigenvalue weighted by atomic mass is 14.8. The summed E-state index contributed by atoms with van der Waals surface area (Å²) in [5.74, 6) is 0. The lowest BCUT2D eigenvalue weighted by atomic mass is 9.98. The van der Waals surface area contributed by atoms with Gasteiger partial charge in [0.15, 0.2) is 0 Å². The Morgan fingerprint density at radius 2 is 1.00 bits per heavy atom. The minimum absolute atomic E-state index is 0.875. The highest BCUT2D eigenvalue weighted by molar-refractivity contribution is 6.08. The van der Waals surface area contributed by atoms with Gasteiger partial charge in [0.05, 0.1) is 39.1 Å². The van der Waals surface area contributed by atoms with E-state index in [-0.39, 0.29) is 0 Å². The second-order valence-electron chi connectivity index (χ2n) is 11.4. The first kappa shape index (κ1) is 26.1. The first-order chi connectivity index (χ1) is 22.8. The van der Waals surface area contributed by atoms with Crippen molar-refractivity contribution in [2.75, 3.05) is 0 Å². The number of rotatable bonds is 4. The Labute approximate surface area is 264 Å². The van der Waals surface area contributed by atoms with Crippen molar-refractivity contribution in [1.82, 2.24) is 24.9 Å². The predicted octanol–water partition coefficient (Wildman–Crippen LogP) is 9.94. The lowest BCUT2D eigenvalue weighted by molar-refractivity contribution is 1.28. The zero-order chi connectivity index (χ0) is 30.5. The predicted molar refractivity (Wildman–Crippen MR) is 187 cm³/mol. The molecule has 0 saturated carbocycles. The fourth-order valence-corrected chi connectivity index (χ4v) is 6.25. The molecule has 0 saturated heterocycles. The molecule has 0 spiro atoms. The summed E-state index contributed by atoms with van der Waals surface area (Å²) in [6.07, 6.45) is 5.48. The first-order valence-corrected chi connectivity index (χ1v) is 15.2. The molecule has 0 atom stereocenters. The summed E-state index contributed by atoms with van der Waals surface area (Å²) in [5.41, 5.74) is 12.1. The molecule has 0 N–H and O–H groups in total. The molecule has 5 heterocycles. The number of fused-ring (bicyclic) bond motifs is 5. The summed E-state index contributed by atoms with van der Waals surface area (Å²) in [7, 11) is 0. The summed E-state index contributed by atoms with van der Waals surface area (Å²) < 4.78 is 0. The van der Waals surface area contributed by atoms with Crippen molar-refractivity contribution in [2.24, 2.45) is 0 Å². The third kappa shape index (κ3) is 4.54. The number of pyridine rings is 5. The van der Waals surface area contributed by atoms with Crippen molar-refractivity contribution in [2.45, 2.75) is 0 Å². The van der Waals surface area contributed by atoms with Crippen molar-refractivity contribution in [1.29, 1.82) is 0 Å². The highest BCUT2D eigenvalue weighted by Crippen LogP contribution is 2.33. The van der Waals surface area contributed by atoms with Crippen molar-refractivity contribution in [3.63, 3.8) is 0 Å². The monoisotopic (exact) mass is 587 g/mol. The largest absolute Gasteiger partial charge is 0.255 e. The smallest absolute Gasteiger partial charge is 0.0970 e. The molecule has 9 rings (SSSR count). The van der Waals surface area contributed by atoms with Gasteiger partial charge in [-0.05, 0) is 82.9 Å². The van der Waals surface area contributed by atoms with E-state index in [0.717, 1.165) is 88.5 Å². The molecular formula is C41H25N5. The zero-order valence-corrected chi connectivity index (χ0v) is 24.7. The Bertz CT molecular complexity index is 2580. The Hall–Kier alpha value is -6.33. The van der Waals surface area contributed by atoms with Gasteiger partial charge in [-0.15, -0.1) is 0 Å². The minimum atomic E-state index is 0.875. The van der Waals surface area contributed by atoms with Crippen LogP contribution in [0.4, 0.5) is 0 Å². The van der Waals surface area contributed by atoms with Crippen LogP contribution in [0.15, 0.2) is 152 Å². The third-order valence-corrected chi connectivity index (χ3v) is 8.61. The number of hydrogen-bond acceptors (Lipinski definition) is 5. The molecule has 214 valence electrons. The van der Waals surface area contributed by atoms with Crippen LogP contribution in [0.1, 0.15) is 0 Å². The maximum atomic E-state index is 5.02. The van der Waals surface area contributed by atoms with Crippen LogP contribution >= 0.6 is 0 Å². The molecule has 0 radical (unpaired) electrons. The van der Waals surface area contributed by atoms with Crippen LogP contribution in [0.3, 0.4) is 0 Å².